The largest absolute Gasteiger partial charge is 0.241 e. The lowest BCUT2D eigenvalue weighted by atomic mass is 10.1. The van der Waals surface area contributed by atoms with Gasteiger partial charge < -0.3 is 0 Å². The molecule has 0 N–H and O–H groups in total. The van der Waals surface area contributed by atoms with E-state index in [0.29, 0.717) is 0 Å². The maximum absolute atomic E-state index is 4.46. The summed E-state index contributed by atoms with van der Waals surface area (Å²) in [6, 6.07) is 8.44. The van der Waals surface area contributed by atoms with Crippen molar-refractivity contribution in [2.75, 3.05) is 0 Å². The summed E-state index contributed by atoms with van der Waals surface area (Å²) in [6.45, 7) is 1.93. The number of hydrogen-bond donors (Lipinski definition) is 0. The summed E-state index contributed by atoms with van der Waals surface area (Å²) in [4.78, 5) is 8.70. The lowest BCUT2D eigenvalue weighted by Gasteiger charge is -1.98. The molecule has 68 valence electrons. The van der Waals surface area contributed by atoms with Gasteiger partial charge in [0.25, 0.3) is 0 Å². The maximum Gasteiger partial charge on any atom is 0.125 e. The van der Waals surface area contributed by atoms with Gasteiger partial charge in [-0.25, -0.2) is 9.97 Å². The maximum atomic E-state index is 4.46. The monoisotopic (exact) mass is 182 g/mol. The number of benzene rings is 1. The Hall–Kier alpha value is -1.70. The predicted molar refractivity (Wildman–Crippen MR) is 55.0 cm³/mol. The zero-order valence-electron chi connectivity index (χ0n) is 7.99. The Balaban J connectivity index is 2.27. The van der Waals surface area contributed by atoms with E-state index in [1.54, 1.807) is 0 Å². The van der Waals surface area contributed by atoms with E-state index in [2.05, 4.69) is 34.2 Å². The Labute approximate surface area is 82.7 Å². The lowest BCUT2D eigenvalue weighted by Crippen LogP contribution is -1.92. The molecule has 1 aliphatic rings. The van der Waals surface area contributed by atoms with E-state index in [9.17, 15) is 0 Å². The lowest BCUT2D eigenvalue weighted by molar-refractivity contribution is 0.994. The van der Waals surface area contributed by atoms with Gasteiger partial charge in [-0.3, -0.25) is 0 Å². The fourth-order valence-corrected chi connectivity index (χ4v) is 1.99. The molecule has 0 unspecified atom stereocenters. The van der Waals surface area contributed by atoms with E-state index in [0.717, 1.165) is 12.2 Å². The van der Waals surface area contributed by atoms with Crippen molar-refractivity contribution in [2.24, 2.45) is 0 Å². The van der Waals surface area contributed by atoms with Gasteiger partial charge in [0.15, 0.2) is 0 Å². The minimum Gasteiger partial charge on any atom is -0.241 e. The molecule has 0 amide bonds. The molecule has 3 rings (SSSR count). The van der Waals surface area contributed by atoms with Crippen molar-refractivity contribution in [1.82, 2.24) is 9.97 Å². The zero-order valence-corrected chi connectivity index (χ0v) is 7.99. The molecule has 0 spiro atoms. The first-order valence-corrected chi connectivity index (χ1v) is 4.75. The highest BCUT2D eigenvalue weighted by atomic mass is 14.9. The van der Waals surface area contributed by atoms with Gasteiger partial charge >= 0.3 is 0 Å². The van der Waals surface area contributed by atoms with Crippen LogP contribution in [0.15, 0.2) is 30.5 Å². The standard InChI is InChI=1S/C12H10N2/c1-8-13-7-11-10-5-3-2-4-9(10)6-12(11)14-8/h2-5,7H,6H2,1H3. The minimum absolute atomic E-state index is 0.858. The van der Waals surface area contributed by atoms with Crippen LogP contribution in [0.2, 0.25) is 0 Å². The molecule has 1 aromatic carbocycles. The minimum atomic E-state index is 0.858. The molecule has 0 atom stereocenters. The molecule has 2 aromatic rings. The van der Waals surface area contributed by atoms with Gasteiger partial charge in [-0.1, -0.05) is 24.3 Å². The van der Waals surface area contributed by atoms with Crippen molar-refractivity contribution in [1.29, 1.82) is 0 Å². The van der Waals surface area contributed by atoms with Crippen LogP contribution in [0, 0.1) is 6.92 Å². The second-order valence-corrected chi connectivity index (χ2v) is 3.61. The molecule has 14 heavy (non-hydrogen) atoms. The SMILES string of the molecule is Cc1ncc2c(n1)Cc1ccccc1-2. The Morgan fingerprint density at radius 2 is 2.00 bits per heavy atom. The second kappa shape index (κ2) is 2.64. The summed E-state index contributed by atoms with van der Waals surface area (Å²) in [5.41, 5.74) is 5.02. The Kier molecular flexibility index (Phi) is 1.45. The number of rotatable bonds is 0. The zero-order chi connectivity index (χ0) is 9.54. The summed E-state index contributed by atoms with van der Waals surface area (Å²) in [5, 5.41) is 0. The molecule has 2 nitrogen and oxygen atoms in total. The fourth-order valence-electron chi connectivity index (χ4n) is 1.99. The molecule has 0 bridgehead atoms. The number of hydrogen-bond acceptors (Lipinski definition) is 2. The highest BCUT2D eigenvalue weighted by Gasteiger charge is 2.18. The van der Waals surface area contributed by atoms with Crippen molar-refractivity contribution >= 4 is 0 Å². The van der Waals surface area contributed by atoms with Crippen LogP contribution in [-0.4, -0.2) is 9.97 Å². The Bertz CT molecular complexity index is 503. The van der Waals surface area contributed by atoms with Crippen molar-refractivity contribution in [3.63, 3.8) is 0 Å². The topological polar surface area (TPSA) is 25.8 Å². The van der Waals surface area contributed by atoms with Crippen LogP contribution >= 0.6 is 0 Å². The van der Waals surface area contributed by atoms with Crippen LogP contribution in [-0.2, 0) is 6.42 Å². The fraction of sp³-hybridized carbons (Fsp3) is 0.167. The molecule has 0 radical (unpaired) electrons. The number of fused-ring (bicyclic) bond motifs is 3. The quantitative estimate of drug-likeness (QED) is 0.533. The van der Waals surface area contributed by atoms with Crippen molar-refractivity contribution in [2.45, 2.75) is 13.3 Å². The van der Waals surface area contributed by atoms with Gasteiger partial charge in [0.05, 0.1) is 5.69 Å². The third-order valence-electron chi connectivity index (χ3n) is 2.65. The molecule has 0 saturated carbocycles. The summed E-state index contributed by atoms with van der Waals surface area (Å²) in [7, 11) is 0. The van der Waals surface area contributed by atoms with E-state index >= 15 is 0 Å². The van der Waals surface area contributed by atoms with E-state index in [-0.39, 0.29) is 0 Å². The van der Waals surface area contributed by atoms with Gasteiger partial charge in [0.1, 0.15) is 5.82 Å². The molecule has 1 aromatic heterocycles. The molecule has 0 saturated heterocycles. The molecule has 2 heteroatoms. The highest BCUT2D eigenvalue weighted by Crippen LogP contribution is 2.34. The number of aromatic nitrogens is 2. The molecule has 0 fully saturated rings. The average Bonchev–Trinajstić information content (AvgIpc) is 2.54. The second-order valence-electron chi connectivity index (χ2n) is 3.61. The van der Waals surface area contributed by atoms with Crippen molar-refractivity contribution in [3.8, 4) is 11.1 Å². The summed E-state index contributed by atoms with van der Waals surface area (Å²) >= 11 is 0. The van der Waals surface area contributed by atoms with Gasteiger partial charge in [-0.2, -0.15) is 0 Å². The van der Waals surface area contributed by atoms with Crippen molar-refractivity contribution < 1.29 is 0 Å². The molecular weight excluding hydrogens is 172 g/mol. The Morgan fingerprint density at radius 1 is 1.14 bits per heavy atom. The smallest absolute Gasteiger partial charge is 0.125 e. The molecular formula is C12H10N2. The van der Waals surface area contributed by atoms with Gasteiger partial charge in [0.2, 0.25) is 0 Å². The van der Waals surface area contributed by atoms with Crippen LogP contribution in [0.5, 0.6) is 0 Å². The molecule has 1 aliphatic carbocycles. The molecule has 1 heterocycles. The van der Waals surface area contributed by atoms with Crippen LogP contribution in [0.1, 0.15) is 17.1 Å². The van der Waals surface area contributed by atoms with Gasteiger partial charge in [0, 0.05) is 18.2 Å². The van der Waals surface area contributed by atoms with Crippen molar-refractivity contribution in [3.05, 3.63) is 47.5 Å². The average molecular weight is 182 g/mol. The summed E-state index contributed by atoms with van der Waals surface area (Å²) in [6.07, 6.45) is 2.89. The van der Waals surface area contributed by atoms with Crippen LogP contribution in [0.4, 0.5) is 0 Å². The number of nitrogens with zero attached hydrogens (tertiary/aromatic N) is 2. The third-order valence-corrected chi connectivity index (χ3v) is 2.65. The van der Waals surface area contributed by atoms with Gasteiger partial charge in [-0.15, -0.1) is 0 Å². The van der Waals surface area contributed by atoms with Crippen LogP contribution in [0.3, 0.4) is 0 Å². The summed E-state index contributed by atoms with van der Waals surface area (Å²) in [5.74, 6) is 0.858. The summed E-state index contributed by atoms with van der Waals surface area (Å²) < 4.78 is 0. The molecule has 0 aliphatic heterocycles. The first-order chi connectivity index (χ1) is 6.84. The van der Waals surface area contributed by atoms with E-state index in [4.69, 9.17) is 0 Å². The van der Waals surface area contributed by atoms with E-state index in [1.807, 2.05) is 13.1 Å². The first-order valence-electron chi connectivity index (χ1n) is 4.75. The predicted octanol–water partition coefficient (Wildman–Crippen LogP) is 2.36. The Morgan fingerprint density at radius 3 is 2.93 bits per heavy atom. The number of aryl methyl sites for hydroxylation is 1. The first kappa shape index (κ1) is 7.68. The van der Waals surface area contributed by atoms with Crippen LogP contribution in [0.25, 0.3) is 11.1 Å². The van der Waals surface area contributed by atoms with Crippen LogP contribution < -0.4 is 0 Å². The van der Waals surface area contributed by atoms with Gasteiger partial charge in [-0.05, 0) is 18.1 Å². The third kappa shape index (κ3) is 0.970. The van der Waals surface area contributed by atoms with E-state index in [1.165, 1.54) is 22.4 Å². The normalized spacial score (nSPS) is 12.4. The van der Waals surface area contributed by atoms with E-state index < -0.39 is 0 Å². The highest BCUT2D eigenvalue weighted by molar-refractivity contribution is 5.74.